The van der Waals surface area contributed by atoms with Crippen molar-refractivity contribution < 1.29 is 28.4 Å². The van der Waals surface area contributed by atoms with Gasteiger partial charge in [-0.3, -0.25) is 30.3 Å². The maximum Gasteiger partial charge on any atom is 0.328 e. The van der Waals surface area contributed by atoms with Crippen LogP contribution in [0.1, 0.15) is 19.4 Å². The Kier molecular flexibility index (Phi) is 3.89. The van der Waals surface area contributed by atoms with Gasteiger partial charge in [0.15, 0.2) is 11.2 Å². The van der Waals surface area contributed by atoms with E-state index in [9.17, 15) is 28.9 Å². The molecule has 0 aromatic heterocycles. The van der Waals surface area contributed by atoms with E-state index in [-0.39, 0.29) is 30.3 Å². The molecule has 0 saturated carbocycles. The van der Waals surface area contributed by atoms with Crippen molar-refractivity contribution in [1.29, 1.82) is 0 Å². The molecule has 0 bridgehead atoms. The molecule has 11 heteroatoms. The van der Waals surface area contributed by atoms with Crippen LogP contribution in [0.25, 0.3) is 0 Å². The minimum atomic E-state index is -1.79. The minimum absolute atomic E-state index is 0.112. The number of hydrogen-bond donors (Lipinski definition) is 2. The van der Waals surface area contributed by atoms with Crippen molar-refractivity contribution in [2.45, 2.75) is 38.5 Å². The SMILES string of the molecule is CC1CN2c3c(F)cc([N+](=O)[O-])cc3CC3(C(=O)NC(=O)NC3=O)C2C(C)O1. The van der Waals surface area contributed by atoms with Crippen molar-refractivity contribution >= 4 is 29.2 Å². The molecule has 1 aromatic rings. The smallest absolute Gasteiger partial charge is 0.328 e. The van der Waals surface area contributed by atoms with Gasteiger partial charge in [-0.15, -0.1) is 0 Å². The third kappa shape index (κ3) is 2.39. The van der Waals surface area contributed by atoms with E-state index in [2.05, 4.69) is 10.6 Å². The second kappa shape index (κ2) is 5.96. The molecule has 148 valence electrons. The number of nitrogens with zero attached hydrogens (tertiary/aromatic N) is 2. The highest BCUT2D eigenvalue weighted by atomic mass is 19.1. The lowest BCUT2D eigenvalue weighted by Gasteiger charge is -2.55. The lowest BCUT2D eigenvalue weighted by Crippen LogP contribution is -2.75. The Balaban J connectivity index is 1.96. The summed E-state index contributed by atoms with van der Waals surface area (Å²) in [5.74, 6) is -2.48. The molecule has 3 aliphatic heterocycles. The topological polar surface area (TPSA) is 131 Å². The molecule has 3 unspecified atom stereocenters. The average molecular weight is 392 g/mol. The number of urea groups is 1. The first-order chi connectivity index (χ1) is 13.1. The van der Waals surface area contributed by atoms with Crippen molar-refractivity contribution in [3.05, 3.63) is 33.6 Å². The minimum Gasteiger partial charge on any atom is -0.372 e. The van der Waals surface area contributed by atoms with Crippen LogP contribution < -0.4 is 15.5 Å². The van der Waals surface area contributed by atoms with E-state index in [0.717, 1.165) is 12.1 Å². The number of rotatable bonds is 1. The number of imide groups is 2. The Morgan fingerprint density at radius 1 is 1.25 bits per heavy atom. The lowest BCUT2D eigenvalue weighted by molar-refractivity contribution is -0.385. The number of anilines is 1. The molecule has 1 spiro atoms. The van der Waals surface area contributed by atoms with Crippen LogP contribution in [-0.2, 0) is 20.7 Å². The summed E-state index contributed by atoms with van der Waals surface area (Å²) in [6, 6.07) is 0.155. The molecular weight excluding hydrogens is 375 g/mol. The summed E-state index contributed by atoms with van der Waals surface area (Å²) in [6.07, 6.45) is -1.27. The summed E-state index contributed by atoms with van der Waals surface area (Å²) in [4.78, 5) is 49.3. The van der Waals surface area contributed by atoms with Gasteiger partial charge in [0.25, 0.3) is 5.69 Å². The maximum atomic E-state index is 14.9. The van der Waals surface area contributed by atoms with Gasteiger partial charge in [0.2, 0.25) is 11.8 Å². The van der Waals surface area contributed by atoms with Crippen LogP contribution in [0.3, 0.4) is 0 Å². The lowest BCUT2D eigenvalue weighted by atomic mass is 9.66. The Morgan fingerprint density at radius 3 is 2.50 bits per heavy atom. The van der Waals surface area contributed by atoms with E-state index >= 15 is 0 Å². The number of morpholine rings is 1. The summed E-state index contributed by atoms with van der Waals surface area (Å²) in [7, 11) is 0. The summed E-state index contributed by atoms with van der Waals surface area (Å²) < 4.78 is 20.7. The molecule has 4 amide bonds. The Hall–Kier alpha value is -3.08. The molecule has 10 nitrogen and oxygen atoms in total. The second-order valence-corrected chi connectivity index (χ2v) is 7.33. The van der Waals surface area contributed by atoms with E-state index < -0.39 is 51.8 Å². The van der Waals surface area contributed by atoms with E-state index in [4.69, 9.17) is 4.74 Å². The van der Waals surface area contributed by atoms with Gasteiger partial charge in [-0.25, -0.2) is 9.18 Å². The second-order valence-electron chi connectivity index (χ2n) is 7.33. The normalized spacial score (nSPS) is 28.3. The van der Waals surface area contributed by atoms with Crippen molar-refractivity contribution in [3.63, 3.8) is 0 Å². The molecule has 3 atom stereocenters. The van der Waals surface area contributed by atoms with Gasteiger partial charge in [0.05, 0.1) is 34.9 Å². The van der Waals surface area contributed by atoms with Gasteiger partial charge in [-0.05, 0) is 19.4 Å². The van der Waals surface area contributed by atoms with Gasteiger partial charge in [0.1, 0.15) is 0 Å². The Bertz CT molecular complexity index is 914. The molecule has 0 aliphatic carbocycles. The molecule has 0 radical (unpaired) electrons. The maximum absolute atomic E-state index is 14.9. The first-order valence-corrected chi connectivity index (χ1v) is 8.71. The van der Waals surface area contributed by atoms with Crippen molar-refractivity contribution in [2.75, 3.05) is 11.4 Å². The van der Waals surface area contributed by atoms with Crippen molar-refractivity contribution in [1.82, 2.24) is 10.6 Å². The molecule has 4 rings (SSSR count). The third-order valence-electron chi connectivity index (χ3n) is 5.55. The largest absolute Gasteiger partial charge is 0.372 e. The van der Waals surface area contributed by atoms with E-state index in [1.54, 1.807) is 18.7 Å². The number of ether oxygens (including phenoxy) is 1. The number of barbiturate groups is 1. The fourth-order valence-electron chi connectivity index (χ4n) is 4.62. The predicted molar refractivity (Wildman–Crippen MR) is 92.0 cm³/mol. The van der Waals surface area contributed by atoms with E-state index in [1.807, 2.05) is 0 Å². The molecule has 2 saturated heterocycles. The van der Waals surface area contributed by atoms with Crippen LogP contribution in [-0.4, -0.2) is 47.6 Å². The van der Waals surface area contributed by atoms with Crippen LogP contribution in [0.4, 0.5) is 20.6 Å². The zero-order valence-corrected chi connectivity index (χ0v) is 15.0. The van der Waals surface area contributed by atoms with E-state index in [0.29, 0.717) is 0 Å². The molecule has 28 heavy (non-hydrogen) atoms. The molecule has 2 N–H and O–H groups in total. The summed E-state index contributed by atoms with van der Waals surface area (Å²) >= 11 is 0. The first-order valence-electron chi connectivity index (χ1n) is 8.71. The molecule has 3 heterocycles. The summed E-state index contributed by atoms with van der Waals surface area (Å²) in [6.45, 7) is 3.61. The number of fused-ring (bicyclic) bond motifs is 4. The number of non-ortho nitro benzene ring substituents is 1. The fourth-order valence-corrected chi connectivity index (χ4v) is 4.62. The molecule has 3 aliphatic rings. The highest BCUT2D eigenvalue weighted by molar-refractivity contribution is 6.20. The van der Waals surface area contributed by atoms with E-state index in [1.165, 1.54) is 0 Å². The predicted octanol–water partition coefficient (Wildman–Crippen LogP) is 0.625. The average Bonchev–Trinajstić information content (AvgIpc) is 2.58. The standard InChI is InChI=1S/C17H17FN4O6/c1-7-6-21-12-9(3-10(22(26)27)4-11(12)18)5-17(13(21)8(2)28-7)14(23)19-16(25)20-15(17)24/h3-4,7-8,13H,5-6H2,1-2H3,(H2,19,20,23,24,25). The van der Waals surface area contributed by atoms with Crippen LogP contribution >= 0.6 is 0 Å². The molecule has 2 fully saturated rings. The zero-order valence-electron chi connectivity index (χ0n) is 15.0. The van der Waals surface area contributed by atoms with Crippen molar-refractivity contribution in [2.24, 2.45) is 5.41 Å². The number of nitro benzene ring substituents is 1. The van der Waals surface area contributed by atoms with Crippen LogP contribution in [0.5, 0.6) is 0 Å². The quantitative estimate of drug-likeness (QED) is 0.407. The number of nitrogens with one attached hydrogen (secondary N) is 2. The van der Waals surface area contributed by atoms with Crippen molar-refractivity contribution in [3.8, 4) is 0 Å². The fraction of sp³-hybridized carbons (Fsp3) is 0.471. The zero-order chi connectivity index (χ0) is 20.4. The van der Waals surface area contributed by atoms with Crippen LogP contribution in [0.15, 0.2) is 12.1 Å². The third-order valence-corrected chi connectivity index (χ3v) is 5.55. The Morgan fingerprint density at radius 2 is 1.89 bits per heavy atom. The van der Waals surface area contributed by atoms with Gasteiger partial charge in [-0.2, -0.15) is 0 Å². The monoisotopic (exact) mass is 392 g/mol. The summed E-state index contributed by atoms with van der Waals surface area (Å²) in [5, 5.41) is 15.4. The number of benzene rings is 1. The highest BCUT2D eigenvalue weighted by Crippen LogP contribution is 2.48. The number of carbonyl (C=O) groups is 3. The number of hydrogen-bond acceptors (Lipinski definition) is 7. The Labute approximate surface area is 158 Å². The molecular formula is C17H17FN4O6. The number of nitro groups is 1. The van der Waals surface area contributed by atoms with Gasteiger partial charge in [0, 0.05) is 19.0 Å². The molecule has 1 aromatic carbocycles. The first kappa shape index (κ1) is 18.3. The van der Waals surface area contributed by atoms with Gasteiger partial charge < -0.3 is 9.64 Å². The van der Waals surface area contributed by atoms with Gasteiger partial charge in [-0.1, -0.05) is 0 Å². The number of halogens is 1. The number of carbonyl (C=O) groups excluding carboxylic acids is 3. The number of amides is 4. The van der Waals surface area contributed by atoms with Crippen LogP contribution in [0, 0.1) is 21.3 Å². The van der Waals surface area contributed by atoms with Crippen LogP contribution in [0.2, 0.25) is 0 Å². The van der Waals surface area contributed by atoms with Gasteiger partial charge >= 0.3 is 6.03 Å². The highest BCUT2D eigenvalue weighted by Gasteiger charge is 2.63. The summed E-state index contributed by atoms with van der Waals surface area (Å²) in [5.41, 5.74) is -2.00.